The van der Waals surface area contributed by atoms with Crippen LogP contribution in [0.4, 0.5) is 18.2 Å². The Labute approximate surface area is 138 Å². The van der Waals surface area contributed by atoms with Gasteiger partial charge in [0.2, 0.25) is 0 Å². The molecule has 0 spiro atoms. The Kier molecular flexibility index (Phi) is 4.83. The number of amides is 1. The molecule has 9 heteroatoms. The van der Waals surface area contributed by atoms with Gasteiger partial charge >= 0.3 is 18.1 Å². The van der Waals surface area contributed by atoms with Crippen LogP contribution in [0.2, 0.25) is 0 Å². The quantitative estimate of drug-likeness (QED) is 0.867. The molecule has 0 aliphatic carbocycles. The summed E-state index contributed by atoms with van der Waals surface area (Å²) in [5, 5.41) is 10.7. The molecule has 5 nitrogen and oxygen atoms in total. The third-order valence-electron chi connectivity index (χ3n) is 3.16. The first-order chi connectivity index (χ1) is 11.1. The molecule has 0 unspecified atom stereocenters. The van der Waals surface area contributed by atoms with Crippen molar-refractivity contribution in [2.75, 3.05) is 12.4 Å². The molecule has 0 atom stereocenters. The van der Waals surface area contributed by atoms with Crippen LogP contribution in [0.15, 0.2) is 24.3 Å². The van der Waals surface area contributed by atoms with Gasteiger partial charge in [0.05, 0.1) is 7.11 Å². The molecule has 1 aromatic heterocycles. The van der Waals surface area contributed by atoms with Crippen molar-refractivity contribution in [3.8, 4) is 16.9 Å². The summed E-state index contributed by atoms with van der Waals surface area (Å²) in [5.41, 5.74) is 0.377. The first-order valence-electron chi connectivity index (χ1n) is 6.54. The molecule has 1 amide bonds. The van der Waals surface area contributed by atoms with Crippen LogP contribution >= 0.6 is 11.3 Å². The van der Waals surface area contributed by atoms with Crippen molar-refractivity contribution < 1.29 is 32.6 Å². The minimum atomic E-state index is -5.10. The lowest BCUT2D eigenvalue weighted by Gasteiger charge is -2.08. The zero-order valence-electron chi connectivity index (χ0n) is 12.5. The van der Waals surface area contributed by atoms with Crippen LogP contribution < -0.4 is 10.1 Å². The van der Waals surface area contributed by atoms with E-state index in [9.17, 15) is 27.9 Å². The molecular formula is C15H12F3NO4S. The molecule has 1 heterocycles. The fourth-order valence-electron chi connectivity index (χ4n) is 2.12. The van der Waals surface area contributed by atoms with E-state index in [-0.39, 0.29) is 16.1 Å². The van der Waals surface area contributed by atoms with Crippen LogP contribution in [0, 0.1) is 6.92 Å². The molecule has 1 aromatic carbocycles. The Morgan fingerprint density at radius 2 is 1.79 bits per heavy atom. The number of aryl methyl sites for hydroxylation is 1. The first kappa shape index (κ1) is 17.8. The maximum Gasteiger partial charge on any atom is 0.471 e. The van der Waals surface area contributed by atoms with E-state index in [1.165, 1.54) is 7.11 Å². The lowest BCUT2D eigenvalue weighted by molar-refractivity contribution is -0.167. The molecule has 2 N–H and O–H groups in total. The van der Waals surface area contributed by atoms with Crippen molar-refractivity contribution >= 4 is 28.2 Å². The molecule has 0 aliphatic heterocycles. The lowest BCUT2D eigenvalue weighted by Crippen LogP contribution is -2.30. The second kappa shape index (κ2) is 6.52. The molecule has 0 bridgehead atoms. The van der Waals surface area contributed by atoms with Crippen LogP contribution in [0.1, 0.15) is 15.2 Å². The number of benzene rings is 1. The summed E-state index contributed by atoms with van der Waals surface area (Å²) in [6.45, 7) is 1.57. The number of halogens is 3. The number of thiophene rings is 1. The number of hydrogen-bond acceptors (Lipinski definition) is 4. The second-order valence-electron chi connectivity index (χ2n) is 4.72. The first-order valence-corrected chi connectivity index (χ1v) is 7.36. The monoisotopic (exact) mass is 359 g/mol. The molecule has 24 heavy (non-hydrogen) atoms. The Morgan fingerprint density at radius 3 is 2.25 bits per heavy atom. The van der Waals surface area contributed by atoms with Gasteiger partial charge in [0.15, 0.2) is 0 Å². The Morgan fingerprint density at radius 1 is 1.21 bits per heavy atom. The predicted octanol–water partition coefficient (Wildman–Crippen LogP) is 3.93. The zero-order chi connectivity index (χ0) is 18.1. The summed E-state index contributed by atoms with van der Waals surface area (Å²) >= 11 is 0.775. The summed E-state index contributed by atoms with van der Waals surface area (Å²) in [4.78, 5) is 23.1. The van der Waals surface area contributed by atoms with E-state index < -0.39 is 18.1 Å². The smallest absolute Gasteiger partial charge is 0.471 e. The van der Waals surface area contributed by atoms with Gasteiger partial charge in [0.1, 0.15) is 16.3 Å². The minimum absolute atomic E-state index is 0.257. The van der Waals surface area contributed by atoms with Crippen molar-refractivity contribution in [3.05, 3.63) is 34.7 Å². The van der Waals surface area contributed by atoms with Crippen molar-refractivity contribution in [2.45, 2.75) is 13.1 Å². The number of alkyl halides is 3. The molecule has 2 rings (SSSR count). The highest BCUT2D eigenvalue weighted by molar-refractivity contribution is 7.17. The average Bonchev–Trinajstić information content (AvgIpc) is 2.82. The van der Waals surface area contributed by atoms with Crippen LogP contribution in [-0.4, -0.2) is 30.3 Å². The molecule has 0 aliphatic rings. The van der Waals surface area contributed by atoms with Crippen molar-refractivity contribution in [1.82, 2.24) is 0 Å². The molecule has 0 saturated heterocycles. The van der Waals surface area contributed by atoms with Crippen molar-refractivity contribution in [1.29, 1.82) is 0 Å². The average molecular weight is 359 g/mol. The number of aromatic carboxylic acids is 1. The van der Waals surface area contributed by atoms with Crippen LogP contribution in [0.25, 0.3) is 11.1 Å². The number of ether oxygens (including phenoxy) is 1. The van der Waals surface area contributed by atoms with E-state index >= 15 is 0 Å². The fraction of sp³-hybridized carbons (Fsp3) is 0.200. The van der Waals surface area contributed by atoms with Crippen molar-refractivity contribution in [2.24, 2.45) is 0 Å². The zero-order valence-corrected chi connectivity index (χ0v) is 13.3. The van der Waals surface area contributed by atoms with E-state index in [0.717, 1.165) is 11.3 Å². The summed E-state index contributed by atoms with van der Waals surface area (Å²) in [6.07, 6.45) is -5.10. The molecule has 0 radical (unpaired) electrons. The van der Waals surface area contributed by atoms with Gasteiger partial charge in [-0.15, -0.1) is 11.3 Å². The molecule has 0 saturated carbocycles. The summed E-state index contributed by atoms with van der Waals surface area (Å²) < 4.78 is 42.3. The van der Waals surface area contributed by atoms with Crippen LogP contribution in [-0.2, 0) is 4.79 Å². The van der Waals surface area contributed by atoms with Gasteiger partial charge in [0, 0.05) is 10.4 Å². The maximum atomic E-state index is 12.4. The predicted molar refractivity (Wildman–Crippen MR) is 82.7 cm³/mol. The van der Waals surface area contributed by atoms with Gasteiger partial charge in [-0.3, -0.25) is 4.79 Å². The number of carboxylic acid groups (broad SMARTS) is 1. The largest absolute Gasteiger partial charge is 0.497 e. The van der Waals surface area contributed by atoms with E-state index in [0.29, 0.717) is 16.2 Å². The van der Waals surface area contributed by atoms with E-state index in [4.69, 9.17) is 4.74 Å². The number of anilines is 1. The van der Waals surface area contributed by atoms with Gasteiger partial charge in [-0.05, 0) is 24.6 Å². The number of nitrogens with one attached hydrogen (secondary N) is 1. The van der Waals surface area contributed by atoms with Crippen LogP contribution in [0.5, 0.6) is 5.75 Å². The van der Waals surface area contributed by atoms with Crippen LogP contribution in [0.3, 0.4) is 0 Å². The number of hydrogen-bond donors (Lipinski definition) is 2. The van der Waals surface area contributed by atoms with E-state index in [1.54, 1.807) is 36.5 Å². The third kappa shape index (κ3) is 3.51. The normalized spacial score (nSPS) is 11.2. The summed E-state index contributed by atoms with van der Waals surface area (Å²) in [7, 11) is 1.47. The van der Waals surface area contributed by atoms with Crippen molar-refractivity contribution in [3.63, 3.8) is 0 Å². The van der Waals surface area contributed by atoms with Gasteiger partial charge in [-0.25, -0.2) is 4.79 Å². The topological polar surface area (TPSA) is 75.6 Å². The summed E-state index contributed by atoms with van der Waals surface area (Å²) in [6, 6.07) is 6.39. The number of methoxy groups -OCH3 is 1. The SMILES string of the molecule is COc1ccc(-c2c(C)sc(NC(=O)C(F)(F)F)c2C(=O)O)cc1. The third-order valence-corrected chi connectivity index (χ3v) is 4.18. The van der Waals surface area contributed by atoms with Gasteiger partial charge < -0.3 is 15.2 Å². The molecule has 0 fully saturated rings. The minimum Gasteiger partial charge on any atom is -0.497 e. The van der Waals surface area contributed by atoms with Gasteiger partial charge in [-0.2, -0.15) is 13.2 Å². The lowest BCUT2D eigenvalue weighted by atomic mass is 10.0. The standard InChI is InChI=1S/C15H12F3NO4S/c1-7-10(8-3-5-9(23-2)6-4-8)11(13(20)21)12(24-7)19-14(22)15(16,17)18/h3-6H,1-2H3,(H,19,22)(H,20,21). The molecule has 128 valence electrons. The Hall–Kier alpha value is -2.55. The van der Waals surface area contributed by atoms with E-state index in [1.807, 2.05) is 0 Å². The number of carboxylic acids is 1. The highest BCUT2D eigenvalue weighted by atomic mass is 32.1. The number of rotatable bonds is 4. The van der Waals surface area contributed by atoms with Gasteiger partial charge in [-0.1, -0.05) is 12.1 Å². The Bertz CT molecular complexity index is 781. The second-order valence-corrected chi connectivity index (χ2v) is 5.95. The molecular weight excluding hydrogens is 347 g/mol. The molecule has 2 aromatic rings. The van der Waals surface area contributed by atoms with Gasteiger partial charge in [0.25, 0.3) is 0 Å². The highest BCUT2D eigenvalue weighted by Crippen LogP contribution is 2.40. The number of carbonyl (C=O) groups is 2. The summed E-state index contributed by atoms with van der Waals surface area (Å²) in [5.74, 6) is -3.09. The highest BCUT2D eigenvalue weighted by Gasteiger charge is 2.40. The number of carbonyl (C=O) groups excluding carboxylic acids is 1. The fourth-order valence-corrected chi connectivity index (χ4v) is 3.18. The Balaban J connectivity index is 2.52. The maximum absolute atomic E-state index is 12.4. The van der Waals surface area contributed by atoms with E-state index in [2.05, 4.69) is 0 Å².